The second-order valence-electron chi connectivity index (χ2n) is 3.25. The van der Waals surface area contributed by atoms with Gasteiger partial charge in [0, 0.05) is 22.7 Å². The monoisotopic (exact) mass is 242 g/mol. The van der Waals surface area contributed by atoms with Crippen molar-refractivity contribution in [2.45, 2.75) is 19.9 Å². The average Bonchev–Trinajstić information content (AvgIpc) is 2.11. The van der Waals surface area contributed by atoms with Gasteiger partial charge < -0.3 is 11.1 Å². The lowest BCUT2D eigenvalue weighted by molar-refractivity contribution is 0.804. The molecule has 1 rings (SSSR count). The summed E-state index contributed by atoms with van der Waals surface area (Å²) in [5, 5.41) is 3.30. The van der Waals surface area contributed by atoms with Gasteiger partial charge in [-0.15, -0.1) is 0 Å². The molecule has 3 N–H and O–H groups in total. The quantitative estimate of drug-likeness (QED) is 0.856. The first-order valence-corrected chi connectivity index (χ1v) is 5.15. The molecular formula is C10H15BrN2. The van der Waals surface area contributed by atoms with Gasteiger partial charge in [0.05, 0.1) is 0 Å². The fourth-order valence-corrected chi connectivity index (χ4v) is 1.40. The highest BCUT2D eigenvalue weighted by molar-refractivity contribution is 9.10. The maximum absolute atomic E-state index is 5.51. The third-order valence-electron chi connectivity index (χ3n) is 1.94. The van der Waals surface area contributed by atoms with E-state index >= 15 is 0 Å². The fourth-order valence-electron chi connectivity index (χ4n) is 1.03. The van der Waals surface area contributed by atoms with Gasteiger partial charge in [0.15, 0.2) is 0 Å². The first kappa shape index (κ1) is 10.5. The fraction of sp³-hybridized carbons (Fsp3) is 0.400. The van der Waals surface area contributed by atoms with Crippen molar-refractivity contribution in [2.75, 3.05) is 11.9 Å². The van der Waals surface area contributed by atoms with E-state index in [0.29, 0.717) is 12.6 Å². The van der Waals surface area contributed by atoms with Crippen LogP contribution in [0.1, 0.15) is 12.5 Å². The maximum atomic E-state index is 5.51. The number of hydrogen-bond donors (Lipinski definition) is 2. The van der Waals surface area contributed by atoms with E-state index in [9.17, 15) is 0 Å². The molecule has 72 valence electrons. The minimum atomic E-state index is 0.314. The van der Waals surface area contributed by atoms with Crippen LogP contribution in [0.3, 0.4) is 0 Å². The Morgan fingerprint density at radius 2 is 2.23 bits per heavy atom. The molecule has 1 atom stereocenters. The van der Waals surface area contributed by atoms with E-state index in [4.69, 9.17) is 5.73 Å². The standard InChI is InChI=1S/C10H15BrN2/c1-7-3-4-9(5-10(7)11)13-8(2)6-12/h3-5,8,13H,6,12H2,1-2H3. The van der Waals surface area contributed by atoms with Crippen LogP contribution in [0.2, 0.25) is 0 Å². The summed E-state index contributed by atoms with van der Waals surface area (Å²) in [6.45, 7) is 4.78. The zero-order valence-corrected chi connectivity index (χ0v) is 9.56. The molecule has 1 aromatic rings. The highest BCUT2D eigenvalue weighted by Crippen LogP contribution is 2.20. The van der Waals surface area contributed by atoms with Crippen LogP contribution in [0.15, 0.2) is 22.7 Å². The highest BCUT2D eigenvalue weighted by atomic mass is 79.9. The summed E-state index contributed by atoms with van der Waals surface area (Å²) < 4.78 is 1.13. The van der Waals surface area contributed by atoms with Crippen LogP contribution >= 0.6 is 15.9 Å². The minimum Gasteiger partial charge on any atom is -0.381 e. The molecule has 0 spiro atoms. The van der Waals surface area contributed by atoms with Crippen LogP contribution < -0.4 is 11.1 Å². The van der Waals surface area contributed by atoms with Crippen LogP contribution in [0, 0.1) is 6.92 Å². The summed E-state index contributed by atoms with van der Waals surface area (Å²) in [7, 11) is 0. The molecule has 0 aliphatic heterocycles. The summed E-state index contributed by atoms with van der Waals surface area (Å²) in [6, 6.07) is 6.53. The summed E-state index contributed by atoms with van der Waals surface area (Å²) in [6.07, 6.45) is 0. The van der Waals surface area contributed by atoms with Crippen molar-refractivity contribution in [1.29, 1.82) is 0 Å². The molecule has 0 fully saturated rings. The third kappa shape index (κ3) is 3.01. The molecule has 0 aliphatic rings. The Morgan fingerprint density at radius 1 is 1.54 bits per heavy atom. The van der Waals surface area contributed by atoms with Gasteiger partial charge in [-0.1, -0.05) is 22.0 Å². The van der Waals surface area contributed by atoms with Gasteiger partial charge in [0.2, 0.25) is 0 Å². The number of nitrogens with one attached hydrogen (secondary N) is 1. The van der Waals surface area contributed by atoms with Gasteiger partial charge in [0.1, 0.15) is 0 Å². The van der Waals surface area contributed by atoms with Crippen LogP contribution in [0.5, 0.6) is 0 Å². The molecule has 1 unspecified atom stereocenters. The zero-order valence-electron chi connectivity index (χ0n) is 7.97. The number of aryl methyl sites for hydroxylation is 1. The molecule has 0 amide bonds. The molecule has 0 heterocycles. The highest BCUT2D eigenvalue weighted by Gasteiger charge is 2.00. The van der Waals surface area contributed by atoms with Crippen molar-refractivity contribution in [3.63, 3.8) is 0 Å². The Hall–Kier alpha value is -0.540. The summed E-state index contributed by atoms with van der Waals surface area (Å²) in [5.41, 5.74) is 7.86. The molecule has 0 saturated carbocycles. The van der Waals surface area contributed by atoms with Gasteiger partial charge in [-0.3, -0.25) is 0 Å². The van der Waals surface area contributed by atoms with Crippen molar-refractivity contribution in [2.24, 2.45) is 5.73 Å². The van der Waals surface area contributed by atoms with Crippen LogP contribution in [0.25, 0.3) is 0 Å². The van der Waals surface area contributed by atoms with E-state index in [1.807, 2.05) is 0 Å². The Balaban J connectivity index is 2.73. The normalized spacial score (nSPS) is 12.6. The molecule has 2 nitrogen and oxygen atoms in total. The topological polar surface area (TPSA) is 38.0 Å². The molecule has 0 radical (unpaired) electrons. The first-order valence-electron chi connectivity index (χ1n) is 4.36. The van der Waals surface area contributed by atoms with E-state index in [-0.39, 0.29) is 0 Å². The van der Waals surface area contributed by atoms with Crippen LogP contribution in [0.4, 0.5) is 5.69 Å². The minimum absolute atomic E-state index is 0.314. The predicted molar refractivity (Wildman–Crippen MR) is 61.0 cm³/mol. The lowest BCUT2D eigenvalue weighted by Gasteiger charge is -2.13. The first-order chi connectivity index (χ1) is 6.13. The molecule has 0 bridgehead atoms. The number of halogens is 1. The number of anilines is 1. The van der Waals surface area contributed by atoms with E-state index in [1.54, 1.807) is 0 Å². The molecule has 0 saturated heterocycles. The van der Waals surface area contributed by atoms with Crippen molar-refractivity contribution < 1.29 is 0 Å². The zero-order chi connectivity index (χ0) is 9.84. The average molecular weight is 243 g/mol. The Labute approximate surface area is 87.6 Å². The number of rotatable bonds is 3. The van der Waals surface area contributed by atoms with Crippen molar-refractivity contribution in [3.8, 4) is 0 Å². The largest absolute Gasteiger partial charge is 0.381 e. The van der Waals surface area contributed by atoms with E-state index in [0.717, 1.165) is 10.2 Å². The second kappa shape index (κ2) is 4.63. The molecule has 0 aromatic heterocycles. The predicted octanol–water partition coefficient (Wildman–Crippen LogP) is 2.52. The smallest absolute Gasteiger partial charge is 0.0355 e. The Kier molecular flexibility index (Phi) is 3.75. The second-order valence-corrected chi connectivity index (χ2v) is 4.10. The number of nitrogens with two attached hydrogens (primary N) is 1. The SMILES string of the molecule is Cc1ccc(NC(C)CN)cc1Br. The van der Waals surface area contributed by atoms with Crippen LogP contribution in [-0.2, 0) is 0 Å². The maximum Gasteiger partial charge on any atom is 0.0355 e. The molecular weight excluding hydrogens is 228 g/mol. The van der Waals surface area contributed by atoms with Gasteiger partial charge in [-0.25, -0.2) is 0 Å². The Morgan fingerprint density at radius 3 is 2.77 bits per heavy atom. The molecule has 13 heavy (non-hydrogen) atoms. The molecule has 3 heteroatoms. The van der Waals surface area contributed by atoms with Crippen molar-refractivity contribution in [3.05, 3.63) is 28.2 Å². The van der Waals surface area contributed by atoms with Crippen molar-refractivity contribution >= 4 is 21.6 Å². The lowest BCUT2D eigenvalue weighted by atomic mass is 10.2. The summed E-state index contributed by atoms with van der Waals surface area (Å²) >= 11 is 3.49. The molecule has 0 aliphatic carbocycles. The van der Waals surface area contributed by atoms with Gasteiger partial charge in [-0.05, 0) is 31.5 Å². The summed E-state index contributed by atoms with van der Waals surface area (Å²) in [5.74, 6) is 0. The van der Waals surface area contributed by atoms with Crippen molar-refractivity contribution in [1.82, 2.24) is 0 Å². The lowest BCUT2D eigenvalue weighted by Crippen LogP contribution is -2.25. The van der Waals surface area contributed by atoms with Gasteiger partial charge in [-0.2, -0.15) is 0 Å². The van der Waals surface area contributed by atoms with E-state index in [1.165, 1.54) is 5.56 Å². The van der Waals surface area contributed by atoms with E-state index in [2.05, 4.69) is 53.3 Å². The third-order valence-corrected chi connectivity index (χ3v) is 2.79. The molecule has 1 aromatic carbocycles. The number of benzene rings is 1. The summed E-state index contributed by atoms with van der Waals surface area (Å²) in [4.78, 5) is 0. The van der Waals surface area contributed by atoms with Crippen LogP contribution in [-0.4, -0.2) is 12.6 Å². The Bertz CT molecular complexity index is 286. The van der Waals surface area contributed by atoms with E-state index < -0.39 is 0 Å². The van der Waals surface area contributed by atoms with Gasteiger partial charge >= 0.3 is 0 Å². The number of hydrogen-bond acceptors (Lipinski definition) is 2. The van der Waals surface area contributed by atoms with Gasteiger partial charge in [0.25, 0.3) is 0 Å².